The molecule has 0 aromatic carbocycles. The van der Waals surface area contributed by atoms with Crippen molar-refractivity contribution in [2.45, 2.75) is 31.8 Å². The van der Waals surface area contributed by atoms with Crippen molar-refractivity contribution in [2.24, 2.45) is 11.8 Å². The maximum absolute atomic E-state index is 5.29. The molecule has 0 bridgehead atoms. The standard InChI is InChI=1S/C8H14O/c1-9-8-3-2-6-4-7(6)5-8/h6-8H,2-5H2,1H3. The summed E-state index contributed by atoms with van der Waals surface area (Å²) in [6.07, 6.45) is 6.20. The van der Waals surface area contributed by atoms with E-state index in [0.29, 0.717) is 6.10 Å². The van der Waals surface area contributed by atoms with Crippen molar-refractivity contribution in [3.63, 3.8) is 0 Å². The molecule has 0 aromatic rings. The van der Waals surface area contributed by atoms with E-state index in [0.717, 1.165) is 11.8 Å². The zero-order valence-corrected chi connectivity index (χ0v) is 5.97. The highest BCUT2D eigenvalue weighted by molar-refractivity contribution is 4.92. The fourth-order valence-electron chi connectivity index (χ4n) is 2.02. The molecular weight excluding hydrogens is 112 g/mol. The molecule has 0 amide bonds. The Hall–Kier alpha value is -0.0400. The predicted octanol–water partition coefficient (Wildman–Crippen LogP) is 1.82. The van der Waals surface area contributed by atoms with E-state index in [1.54, 1.807) is 0 Å². The van der Waals surface area contributed by atoms with Crippen molar-refractivity contribution >= 4 is 0 Å². The fraction of sp³-hybridized carbons (Fsp3) is 1.00. The lowest BCUT2D eigenvalue weighted by atomic mass is 9.98. The van der Waals surface area contributed by atoms with Crippen molar-refractivity contribution in [2.75, 3.05) is 7.11 Å². The highest BCUT2D eigenvalue weighted by Gasteiger charge is 2.41. The first-order chi connectivity index (χ1) is 4.40. The quantitative estimate of drug-likeness (QED) is 0.520. The topological polar surface area (TPSA) is 9.23 Å². The van der Waals surface area contributed by atoms with Crippen LogP contribution in [0.2, 0.25) is 0 Å². The minimum absolute atomic E-state index is 0.605. The Balaban J connectivity index is 1.86. The second-order valence-electron chi connectivity index (χ2n) is 3.43. The number of methoxy groups -OCH3 is 1. The monoisotopic (exact) mass is 126 g/mol. The van der Waals surface area contributed by atoms with Gasteiger partial charge in [0.1, 0.15) is 0 Å². The van der Waals surface area contributed by atoms with Crippen LogP contribution >= 0.6 is 0 Å². The Bertz CT molecular complexity index is 111. The van der Waals surface area contributed by atoms with Crippen LogP contribution in [0.4, 0.5) is 0 Å². The molecule has 3 atom stereocenters. The van der Waals surface area contributed by atoms with Gasteiger partial charge in [0.05, 0.1) is 6.10 Å². The van der Waals surface area contributed by atoms with E-state index in [1.807, 2.05) is 7.11 Å². The number of hydrogen-bond donors (Lipinski definition) is 0. The van der Waals surface area contributed by atoms with Gasteiger partial charge in [0.2, 0.25) is 0 Å². The summed E-state index contributed by atoms with van der Waals surface area (Å²) in [4.78, 5) is 0. The first kappa shape index (κ1) is 5.72. The Labute approximate surface area is 56.4 Å². The molecule has 1 heteroatoms. The first-order valence-electron chi connectivity index (χ1n) is 3.93. The molecule has 0 saturated heterocycles. The summed E-state index contributed by atoms with van der Waals surface area (Å²) in [5, 5.41) is 0. The van der Waals surface area contributed by atoms with Crippen LogP contribution in [0, 0.1) is 11.8 Å². The van der Waals surface area contributed by atoms with E-state index in [1.165, 1.54) is 25.7 Å². The Kier molecular flexibility index (Phi) is 1.26. The second kappa shape index (κ2) is 1.98. The first-order valence-corrected chi connectivity index (χ1v) is 3.93. The van der Waals surface area contributed by atoms with Gasteiger partial charge in [-0.1, -0.05) is 0 Å². The van der Waals surface area contributed by atoms with Crippen LogP contribution in [0.3, 0.4) is 0 Å². The number of hydrogen-bond acceptors (Lipinski definition) is 1. The van der Waals surface area contributed by atoms with Crippen molar-refractivity contribution in [3.8, 4) is 0 Å². The summed E-state index contributed by atoms with van der Waals surface area (Å²) in [7, 11) is 1.84. The summed E-state index contributed by atoms with van der Waals surface area (Å²) in [5.41, 5.74) is 0. The third kappa shape index (κ3) is 0.983. The summed E-state index contributed by atoms with van der Waals surface area (Å²) in [5.74, 6) is 2.17. The van der Waals surface area contributed by atoms with Gasteiger partial charge in [-0.2, -0.15) is 0 Å². The highest BCUT2D eigenvalue weighted by atomic mass is 16.5. The van der Waals surface area contributed by atoms with Crippen LogP contribution in [-0.4, -0.2) is 13.2 Å². The van der Waals surface area contributed by atoms with Crippen LogP contribution in [0.15, 0.2) is 0 Å². The molecule has 2 aliphatic rings. The molecule has 3 unspecified atom stereocenters. The third-order valence-corrected chi connectivity index (χ3v) is 2.83. The lowest BCUT2D eigenvalue weighted by Gasteiger charge is -2.18. The van der Waals surface area contributed by atoms with Gasteiger partial charge < -0.3 is 4.74 Å². The fourth-order valence-corrected chi connectivity index (χ4v) is 2.02. The molecule has 2 aliphatic carbocycles. The highest BCUT2D eigenvalue weighted by Crippen LogP contribution is 2.49. The number of fused-ring (bicyclic) bond motifs is 1. The molecule has 2 rings (SSSR count). The largest absolute Gasteiger partial charge is 0.381 e. The average molecular weight is 126 g/mol. The molecule has 2 saturated carbocycles. The van der Waals surface area contributed by atoms with Crippen LogP contribution in [-0.2, 0) is 4.74 Å². The summed E-state index contributed by atoms with van der Waals surface area (Å²) in [6, 6.07) is 0. The van der Waals surface area contributed by atoms with Crippen molar-refractivity contribution in [1.82, 2.24) is 0 Å². The molecule has 9 heavy (non-hydrogen) atoms. The van der Waals surface area contributed by atoms with Gasteiger partial charge in [0.25, 0.3) is 0 Å². The van der Waals surface area contributed by atoms with Gasteiger partial charge in [-0.15, -0.1) is 0 Å². The van der Waals surface area contributed by atoms with E-state index >= 15 is 0 Å². The minimum atomic E-state index is 0.605. The van der Waals surface area contributed by atoms with Crippen molar-refractivity contribution in [1.29, 1.82) is 0 Å². The minimum Gasteiger partial charge on any atom is -0.381 e. The van der Waals surface area contributed by atoms with Gasteiger partial charge >= 0.3 is 0 Å². The third-order valence-electron chi connectivity index (χ3n) is 2.83. The molecule has 0 aliphatic heterocycles. The van der Waals surface area contributed by atoms with Crippen molar-refractivity contribution < 1.29 is 4.74 Å². The van der Waals surface area contributed by atoms with Gasteiger partial charge in [-0.25, -0.2) is 0 Å². The number of ether oxygens (including phenoxy) is 1. The average Bonchev–Trinajstić information content (AvgIpc) is 2.64. The number of rotatable bonds is 1. The molecule has 0 aromatic heterocycles. The molecule has 2 fully saturated rings. The molecular formula is C8H14O. The molecule has 0 N–H and O–H groups in total. The molecule has 0 heterocycles. The van der Waals surface area contributed by atoms with Gasteiger partial charge in [0.15, 0.2) is 0 Å². The van der Waals surface area contributed by atoms with E-state index in [2.05, 4.69) is 0 Å². The SMILES string of the molecule is COC1CCC2CC2C1. The van der Waals surface area contributed by atoms with Crippen LogP contribution in [0.1, 0.15) is 25.7 Å². The van der Waals surface area contributed by atoms with E-state index in [-0.39, 0.29) is 0 Å². The summed E-state index contributed by atoms with van der Waals surface area (Å²) >= 11 is 0. The maximum atomic E-state index is 5.29. The van der Waals surface area contributed by atoms with E-state index in [4.69, 9.17) is 4.74 Å². The normalized spacial score (nSPS) is 48.3. The zero-order valence-electron chi connectivity index (χ0n) is 5.97. The lowest BCUT2D eigenvalue weighted by Crippen LogP contribution is -2.15. The van der Waals surface area contributed by atoms with Gasteiger partial charge in [0, 0.05) is 7.11 Å². The van der Waals surface area contributed by atoms with Crippen LogP contribution < -0.4 is 0 Å². The Morgan fingerprint density at radius 2 is 2.00 bits per heavy atom. The van der Waals surface area contributed by atoms with Crippen molar-refractivity contribution in [3.05, 3.63) is 0 Å². The Morgan fingerprint density at radius 1 is 1.11 bits per heavy atom. The zero-order chi connectivity index (χ0) is 6.27. The maximum Gasteiger partial charge on any atom is 0.0574 e. The molecule has 52 valence electrons. The molecule has 0 radical (unpaired) electrons. The van der Waals surface area contributed by atoms with E-state index in [9.17, 15) is 0 Å². The van der Waals surface area contributed by atoms with Gasteiger partial charge in [-0.3, -0.25) is 0 Å². The Morgan fingerprint density at radius 3 is 2.67 bits per heavy atom. The molecule has 0 spiro atoms. The molecule has 1 nitrogen and oxygen atoms in total. The lowest BCUT2D eigenvalue weighted by molar-refractivity contribution is 0.0674. The van der Waals surface area contributed by atoms with Crippen LogP contribution in [0.25, 0.3) is 0 Å². The summed E-state index contributed by atoms with van der Waals surface area (Å²) < 4.78 is 5.29. The summed E-state index contributed by atoms with van der Waals surface area (Å²) in [6.45, 7) is 0. The predicted molar refractivity (Wildman–Crippen MR) is 36.2 cm³/mol. The van der Waals surface area contributed by atoms with E-state index < -0.39 is 0 Å². The smallest absolute Gasteiger partial charge is 0.0574 e. The second-order valence-corrected chi connectivity index (χ2v) is 3.43. The van der Waals surface area contributed by atoms with Gasteiger partial charge in [-0.05, 0) is 37.5 Å². The van der Waals surface area contributed by atoms with Crippen LogP contribution in [0.5, 0.6) is 0 Å².